The minimum Gasteiger partial charge on any atom is -0.493 e. The zero-order chi connectivity index (χ0) is 23.3. The van der Waals surface area contributed by atoms with Gasteiger partial charge in [0.2, 0.25) is 0 Å². The van der Waals surface area contributed by atoms with Crippen molar-refractivity contribution in [2.24, 2.45) is 0 Å². The molecule has 0 aliphatic carbocycles. The Morgan fingerprint density at radius 2 is 1.12 bits per heavy atom. The molecule has 0 atom stereocenters. The summed E-state index contributed by atoms with van der Waals surface area (Å²) in [7, 11) is 0. The highest BCUT2D eigenvalue weighted by atomic mass is 16.5. The maximum Gasteiger partial charge on any atom is 0.303 e. The molecule has 0 spiro atoms. The van der Waals surface area contributed by atoms with Crippen LogP contribution in [-0.4, -0.2) is 35.4 Å². The van der Waals surface area contributed by atoms with Crippen LogP contribution in [0.1, 0.15) is 63.5 Å². The molecule has 6 nitrogen and oxygen atoms in total. The lowest BCUT2D eigenvalue weighted by Gasteiger charge is -2.18. The molecular weight excluding hydrogens is 408 g/mol. The Kier molecular flexibility index (Phi) is 10.6. The molecule has 0 fully saturated rings. The second-order valence-electron chi connectivity index (χ2n) is 7.85. The zero-order valence-corrected chi connectivity index (χ0v) is 19.1. The summed E-state index contributed by atoms with van der Waals surface area (Å²) in [4.78, 5) is 21.8. The number of carboxylic acids is 2. The average Bonchev–Trinajstić information content (AvgIpc) is 2.76. The SMILES string of the molecule is CCCOc1ccc(CCCC(=O)O)cc1-c1cc(CCCC(=O)O)ccc1OCCC. The summed E-state index contributed by atoms with van der Waals surface area (Å²) >= 11 is 0. The summed E-state index contributed by atoms with van der Waals surface area (Å²) in [5.41, 5.74) is 3.92. The first-order valence-electron chi connectivity index (χ1n) is 11.4. The molecule has 0 heterocycles. The zero-order valence-electron chi connectivity index (χ0n) is 19.1. The van der Waals surface area contributed by atoms with E-state index in [9.17, 15) is 9.59 Å². The van der Waals surface area contributed by atoms with E-state index in [1.165, 1.54) is 0 Å². The Morgan fingerprint density at radius 1 is 0.719 bits per heavy atom. The van der Waals surface area contributed by atoms with E-state index >= 15 is 0 Å². The number of carbonyl (C=O) groups is 2. The van der Waals surface area contributed by atoms with Crippen molar-refractivity contribution in [1.82, 2.24) is 0 Å². The van der Waals surface area contributed by atoms with Gasteiger partial charge < -0.3 is 19.7 Å². The molecule has 0 aromatic heterocycles. The van der Waals surface area contributed by atoms with Crippen molar-refractivity contribution in [1.29, 1.82) is 0 Å². The molecule has 32 heavy (non-hydrogen) atoms. The fraction of sp³-hybridized carbons (Fsp3) is 0.462. The van der Waals surface area contributed by atoms with Crippen LogP contribution in [0.5, 0.6) is 11.5 Å². The summed E-state index contributed by atoms with van der Waals surface area (Å²) < 4.78 is 12.0. The van der Waals surface area contributed by atoms with Gasteiger partial charge in [0.05, 0.1) is 13.2 Å². The maximum atomic E-state index is 10.9. The highest BCUT2D eigenvalue weighted by Crippen LogP contribution is 2.38. The number of aryl methyl sites for hydroxylation is 2. The van der Waals surface area contributed by atoms with Crippen molar-refractivity contribution in [3.05, 3.63) is 47.5 Å². The van der Waals surface area contributed by atoms with Crippen LogP contribution in [0.2, 0.25) is 0 Å². The van der Waals surface area contributed by atoms with Gasteiger partial charge in [0.25, 0.3) is 0 Å². The molecule has 0 bridgehead atoms. The van der Waals surface area contributed by atoms with Gasteiger partial charge >= 0.3 is 11.9 Å². The average molecular weight is 443 g/mol. The van der Waals surface area contributed by atoms with Crippen molar-refractivity contribution in [3.63, 3.8) is 0 Å². The van der Waals surface area contributed by atoms with Crippen LogP contribution in [-0.2, 0) is 22.4 Å². The third-order valence-corrected chi connectivity index (χ3v) is 5.01. The molecule has 6 heteroatoms. The summed E-state index contributed by atoms with van der Waals surface area (Å²) in [6.45, 7) is 5.29. The summed E-state index contributed by atoms with van der Waals surface area (Å²) in [6.07, 6.45) is 4.49. The van der Waals surface area contributed by atoms with Crippen LogP contribution in [0.3, 0.4) is 0 Å². The standard InChI is InChI=1S/C26H34O6/c1-3-15-31-23-13-11-19(7-5-9-25(27)28)17-21(23)22-18-20(8-6-10-26(29)30)12-14-24(22)32-16-4-2/h11-14,17-18H,3-10,15-16H2,1-2H3,(H,27,28)(H,29,30). The third kappa shape index (κ3) is 8.25. The molecule has 0 saturated carbocycles. The number of carboxylic acid groups (broad SMARTS) is 2. The minimum absolute atomic E-state index is 0.132. The van der Waals surface area contributed by atoms with Crippen LogP contribution in [0.15, 0.2) is 36.4 Å². The molecule has 0 unspecified atom stereocenters. The van der Waals surface area contributed by atoms with Crippen LogP contribution >= 0.6 is 0 Å². The molecule has 0 amide bonds. The van der Waals surface area contributed by atoms with E-state index in [4.69, 9.17) is 19.7 Å². The predicted molar refractivity (Wildman–Crippen MR) is 125 cm³/mol. The van der Waals surface area contributed by atoms with E-state index in [0.29, 0.717) is 38.9 Å². The highest BCUT2D eigenvalue weighted by molar-refractivity contribution is 5.77. The predicted octanol–water partition coefficient (Wildman–Crippen LogP) is 5.75. The topological polar surface area (TPSA) is 93.1 Å². The lowest BCUT2D eigenvalue weighted by atomic mass is 9.96. The fourth-order valence-electron chi connectivity index (χ4n) is 3.45. The van der Waals surface area contributed by atoms with Crippen LogP contribution in [0.4, 0.5) is 0 Å². The van der Waals surface area contributed by atoms with Gasteiger partial charge in [-0.05, 0) is 73.9 Å². The largest absolute Gasteiger partial charge is 0.493 e. The fourth-order valence-corrected chi connectivity index (χ4v) is 3.45. The minimum atomic E-state index is -0.794. The molecule has 2 rings (SSSR count). The molecule has 2 aromatic rings. The quantitative estimate of drug-likeness (QED) is 0.365. The number of rotatable bonds is 15. The Labute approximate surface area is 190 Å². The third-order valence-electron chi connectivity index (χ3n) is 5.01. The van der Waals surface area contributed by atoms with E-state index in [1.807, 2.05) is 24.3 Å². The van der Waals surface area contributed by atoms with E-state index in [-0.39, 0.29) is 12.8 Å². The van der Waals surface area contributed by atoms with Gasteiger partial charge in [-0.1, -0.05) is 26.0 Å². The smallest absolute Gasteiger partial charge is 0.303 e. The lowest BCUT2D eigenvalue weighted by Crippen LogP contribution is -2.02. The summed E-state index contributed by atoms with van der Waals surface area (Å²) in [5, 5.41) is 17.9. The maximum absolute atomic E-state index is 10.9. The van der Waals surface area contributed by atoms with Crippen molar-refractivity contribution < 1.29 is 29.3 Å². The first-order chi connectivity index (χ1) is 15.4. The Bertz CT molecular complexity index is 816. The van der Waals surface area contributed by atoms with Crippen molar-refractivity contribution >= 4 is 11.9 Å². The van der Waals surface area contributed by atoms with Gasteiger partial charge in [0.15, 0.2) is 0 Å². The Balaban J connectivity index is 2.43. The van der Waals surface area contributed by atoms with Crippen LogP contribution in [0, 0.1) is 0 Å². The first kappa shape index (κ1) is 25.2. The molecule has 0 aliphatic heterocycles. The van der Waals surface area contributed by atoms with E-state index in [1.54, 1.807) is 0 Å². The van der Waals surface area contributed by atoms with Crippen molar-refractivity contribution in [3.8, 4) is 22.6 Å². The molecular formula is C26H34O6. The Morgan fingerprint density at radius 3 is 1.47 bits per heavy atom. The molecule has 0 saturated heterocycles. The summed E-state index contributed by atoms with van der Waals surface area (Å²) in [6, 6.07) is 12.0. The van der Waals surface area contributed by atoms with Gasteiger partial charge in [0, 0.05) is 24.0 Å². The van der Waals surface area contributed by atoms with Crippen LogP contribution in [0.25, 0.3) is 11.1 Å². The van der Waals surface area contributed by atoms with Gasteiger partial charge in [0.1, 0.15) is 11.5 Å². The Hall–Kier alpha value is -3.02. The number of hydrogen-bond donors (Lipinski definition) is 2. The van der Waals surface area contributed by atoms with E-state index in [0.717, 1.165) is 46.6 Å². The van der Waals surface area contributed by atoms with Crippen LogP contribution < -0.4 is 9.47 Å². The highest BCUT2D eigenvalue weighted by Gasteiger charge is 2.15. The van der Waals surface area contributed by atoms with Gasteiger partial charge in [-0.3, -0.25) is 9.59 Å². The second-order valence-corrected chi connectivity index (χ2v) is 7.85. The van der Waals surface area contributed by atoms with Gasteiger partial charge in [-0.25, -0.2) is 0 Å². The molecule has 2 N–H and O–H groups in total. The van der Waals surface area contributed by atoms with Crippen molar-refractivity contribution in [2.75, 3.05) is 13.2 Å². The number of hydrogen-bond acceptors (Lipinski definition) is 4. The molecule has 174 valence electrons. The first-order valence-corrected chi connectivity index (χ1v) is 11.4. The van der Waals surface area contributed by atoms with Gasteiger partial charge in [-0.15, -0.1) is 0 Å². The van der Waals surface area contributed by atoms with E-state index < -0.39 is 11.9 Å². The number of aliphatic carboxylic acids is 2. The monoisotopic (exact) mass is 442 g/mol. The normalized spacial score (nSPS) is 10.7. The van der Waals surface area contributed by atoms with Gasteiger partial charge in [-0.2, -0.15) is 0 Å². The number of benzene rings is 2. The van der Waals surface area contributed by atoms with Crippen molar-refractivity contribution in [2.45, 2.75) is 65.2 Å². The van der Waals surface area contributed by atoms with E-state index in [2.05, 4.69) is 26.0 Å². The second kappa shape index (κ2) is 13.4. The molecule has 0 aliphatic rings. The number of ether oxygens (including phenoxy) is 2. The summed E-state index contributed by atoms with van der Waals surface area (Å²) in [5.74, 6) is -0.0642. The molecule has 0 radical (unpaired) electrons. The molecule has 2 aromatic carbocycles. The lowest BCUT2D eigenvalue weighted by molar-refractivity contribution is -0.138.